The van der Waals surface area contributed by atoms with Crippen LogP contribution in [0.5, 0.6) is 11.5 Å². The number of carbonyl (C=O) groups excluding carboxylic acids is 1. The maximum absolute atomic E-state index is 12.2. The summed E-state index contributed by atoms with van der Waals surface area (Å²) in [5.74, 6) is -0.475. The topological polar surface area (TPSA) is 86.8 Å². The highest BCUT2D eigenvalue weighted by Gasteiger charge is 2.25. The summed E-state index contributed by atoms with van der Waals surface area (Å²) in [6, 6.07) is 4.08. The fraction of sp³-hybridized carbons (Fsp3) is 0.385. The number of benzene rings is 1. The van der Waals surface area contributed by atoms with Crippen LogP contribution in [0, 0.1) is 5.92 Å². The number of phenolic OH excluding ortho intramolecular Hbond substituents is 2. The Hall–Kier alpha value is -1.82. The van der Waals surface area contributed by atoms with Crippen LogP contribution >= 0.6 is 12.2 Å². The maximum atomic E-state index is 12.2. The van der Waals surface area contributed by atoms with Gasteiger partial charge in [0, 0.05) is 24.6 Å². The molecule has 102 valence electrons. The van der Waals surface area contributed by atoms with Crippen LogP contribution in [0.1, 0.15) is 23.2 Å². The molecule has 1 aliphatic rings. The fourth-order valence-corrected chi connectivity index (χ4v) is 2.44. The van der Waals surface area contributed by atoms with Crippen LogP contribution in [-0.4, -0.2) is 39.1 Å². The number of rotatable bonds is 2. The lowest BCUT2D eigenvalue weighted by Crippen LogP contribution is -2.41. The first kappa shape index (κ1) is 13.6. The van der Waals surface area contributed by atoms with E-state index in [-0.39, 0.29) is 23.3 Å². The van der Waals surface area contributed by atoms with Crippen LogP contribution in [0.2, 0.25) is 0 Å². The fourth-order valence-electron chi connectivity index (χ4n) is 2.21. The van der Waals surface area contributed by atoms with Gasteiger partial charge >= 0.3 is 0 Å². The summed E-state index contributed by atoms with van der Waals surface area (Å²) in [5, 5.41) is 18.6. The second-order valence-electron chi connectivity index (χ2n) is 4.67. The van der Waals surface area contributed by atoms with Gasteiger partial charge in [0.05, 0.1) is 4.99 Å². The van der Waals surface area contributed by atoms with Gasteiger partial charge in [0.2, 0.25) is 0 Å². The molecule has 0 saturated carbocycles. The van der Waals surface area contributed by atoms with Crippen LogP contribution in [0.4, 0.5) is 0 Å². The van der Waals surface area contributed by atoms with Crippen LogP contribution in [0.25, 0.3) is 0 Å². The van der Waals surface area contributed by atoms with Gasteiger partial charge in [-0.15, -0.1) is 0 Å². The number of carbonyl (C=O) groups is 1. The molecule has 0 unspecified atom stereocenters. The third-order valence-corrected chi connectivity index (χ3v) is 3.74. The van der Waals surface area contributed by atoms with E-state index in [1.54, 1.807) is 4.90 Å². The van der Waals surface area contributed by atoms with Gasteiger partial charge in [-0.1, -0.05) is 12.2 Å². The van der Waals surface area contributed by atoms with Gasteiger partial charge in [-0.25, -0.2) is 0 Å². The number of likely N-dealkylation sites (tertiary alicyclic amines) is 1. The van der Waals surface area contributed by atoms with Gasteiger partial charge in [-0.05, 0) is 31.0 Å². The highest BCUT2D eigenvalue weighted by Crippen LogP contribution is 2.26. The van der Waals surface area contributed by atoms with Crippen LogP contribution in [-0.2, 0) is 0 Å². The largest absolute Gasteiger partial charge is 0.504 e. The number of thiocarbonyl (C=S) groups is 1. The Kier molecular flexibility index (Phi) is 3.90. The molecule has 1 aliphatic heterocycles. The highest BCUT2D eigenvalue weighted by molar-refractivity contribution is 7.80. The van der Waals surface area contributed by atoms with Gasteiger partial charge in [0.25, 0.3) is 5.91 Å². The molecule has 6 heteroatoms. The lowest BCUT2D eigenvalue weighted by atomic mass is 9.96. The number of hydrogen-bond donors (Lipinski definition) is 3. The Balaban J connectivity index is 2.05. The molecule has 0 aromatic heterocycles. The van der Waals surface area contributed by atoms with Gasteiger partial charge < -0.3 is 20.8 Å². The normalized spacial score (nSPS) is 16.3. The lowest BCUT2D eigenvalue weighted by Gasteiger charge is -2.31. The van der Waals surface area contributed by atoms with Gasteiger partial charge in [-0.3, -0.25) is 4.79 Å². The zero-order valence-corrected chi connectivity index (χ0v) is 11.2. The van der Waals surface area contributed by atoms with Crippen molar-refractivity contribution in [2.45, 2.75) is 12.8 Å². The molecule has 1 heterocycles. The molecule has 0 radical (unpaired) electrons. The van der Waals surface area contributed by atoms with Crippen molar-refractivity contribution in [3.8, 4) is 11.5 Å². The van der Waals surface area contributed by atoms with Crippen LogP contribution in [0.3, 0.4) is 0 Å². The first-order valence-electron chi connectivity index (χ1n) is 6.09. The first-order valence-corrected chi connectivity index (χ1v) is 6.50. The van der Waals surface area contributed by atoms with Crippen molar-refractivity contribution in [3.63, 3.8) is 0 Å². The zero-order valence-electron chi connectivity index (χ0n) is 10.4. The SMILES string of the molecule is NC(=S)C1CCN(C(=O)c2ccc(O)c(O)c2)CC1. The van der Waals surface area contributed by atoms with E-state index in [0.717, 1.165) is 12.8 Å². The molecule has 0 atom stereocenters. The smallest absolute Gasteiger partial charge is 0.253 e. The molecule has 0 aliphatic carbocycles. The van der Waals surface area contributed by atoms with Crippen molar-refractivity contribution in [2.75, 3.05) is 13.1 Å². The second kappa shape index (κ2) is 5.44. The molecule has 4 N–H and O–H groups in total. The van der Waals surface area contributed by atoms with Crippen LogP contribution < -0.4 is 5.73 Å². The number of nitrogens with zero attached hydrogens (tertiary/aromatic N) is 1. The van der Waals surface area contributed by atoms with E-state index >= 15 is 0 Å². The monoisotopic (exact) mass is 280 g/mol. The summed E-state index contributed by atoms with van der Waals surface area (Å²) in [6.07, 6.45) is 1.54. The number of hydrogen-bond acceptors (Lipinski definition) is 4. The van der Waals surface area contributed by atoms with E-state index in [1.165, 1.54) is 18.2 Å². The van der Waals surface area contributed by atoms with E-state index in [9.17, 15) is 15.0 Å². The lowest BCUT2D eigenvalue weighted by molar-refractivity contribution is 0.0710. The van der Waals surface area contributed by atoms with E-state index in [4.69, 9.17) is 18.0 Å². The average molecular weight is 280 g/mol. The van der Waals surface area contributed by atoms with Gasteiger partial charge in [-0.2, -0.15) is 0 Å². The summed E-state index contributed by atoms with van der Waals surface area (Å²) >= 11 is 4.96. The third-order valence-electron chi connectivity index (χ3n) is 3.41. The minimum absolute atomic E-state index is 0.156. The third kappa shape index (κ3) is 2.96. The molecule has 5 nitrogen and oxygen atoms in total. The van der Waals surface area contributed by atoms with E-state index < -0.39 is 0 Å². The highest BCUT2D eigenvalue weighted by atomic mass is 32.1. The molecule has 0 bridgehead atoms. The minimum Gasteiger partial charge on any atom is -0.504 e. The van der Waals surface area contributed by atoms with Crippen molar-refractivity contribution in [1.82, 2.24) is 4.90 Å². The van der Waals surface area contributed by atoms with Crippen molar-refractivity contribution in [2.24, 2.45) is 11.7 Å². The summed E-state index contributed by atoms with van der Waals surface area (Å²) in [5.41, 5.74) is 5.97. The summed E-state index contributed by atoms with van der Waals surface area (Å²) < 4.78 is 0. The Morgan fingerprint density at radius 3 is 2.42 bits per heavy atom. The average Bonchev–Trinajstić information content (AvgIpc) is 2.41. The molecule has 2 rings (SSSR count). The molecule has 1 aromatic rings. The van der Waals surface area contributed by atoms with Crippen molar-refractivity contribution in [3.05, 3.63) is 23.8 Å². The maximum Gasteiger partial charge on any atom is 0.253 e. The first-order chi connectivity index (χ1) is 8.99. The quantitative estimate of drug-likeness (QED) is 0.560. The second-order valence-corrected chi connectivity index (χ2v) is 5.14. The predicted octanol–water partition coefficient (Wildman–Crippen LogP) is 1.24. The van der Waals surface area contributed by atoms with E-state index in [1.807, 2.05) is 0 Å². The van der Waals surface area contributed by atoms with Crippen molar-refractivity contribution < 1.29 is 15.0 Å². The Bertz CT molecular complexity index is 511. The minimum atomic E-state index is -0.288. The predicted molar refractivity (Wildman–Crippen MR) is 75.2 cm³/mol. The van der Waals surface area contributed by atoms with Gasteiger partial charge in [0.1, 0.15) is 0 Å². The summed E-state index contributed by atoms with van der Waals surface area (Å²) in [6.45, 7) is 1.20. The number of aromatic hydroxyl groups is 2. The standard InChI is InChI=1S/C13H16N2O3S/c14-12(19)8-3-5-15(6-4-8)13(18)9-1-2-10(16)11(17)7-9/h1-2,7-8,16-17H,3-6H2,(H2,14,19). The molecule has 1 fully saturated rings. The zero-order chi connectivity index (χ0) is 14.0. The number of phenols is 2. The molecule has 1 saturated heterocycles. The van der Waals surface area contributed by atoms with Crippen molar-refractivity contribution >= 4 is 23.1 Å². The molecule has 1 aromatic carbocycles. The van der Waals surface area contributed by atoms with E-state index in [2.05, 4.69) is 0 Å². The number of piperidine rings is 1. The molecule has 19 heavy (non-hydrogen) atoms. The van der Waals surface area contributed by atoms with Gasteiger partial charge in [0.15, 0.2) is 11.5 Å². The summed E-state index contributed by atoms with van der Waals surface area (Å²) in [7, 11) is 0. The Morgan fingerprint density at radius 1 is 1.26 bits per heavy atom. The summed E-state index contributed by atoms with van der Waals surface area (Å²) in [4.78, 5) is 14.4. The van der Waals surface area contributed by atoms with E-state index in [0.29, 0.717) is 23.6 Å². The Morgan fingerprint density at radius 2 is 1.89 bits per heavy atom. The Labute approximate surface area is 116 Å². The molecular formula is C13H16N2O3S. The molecular weight excluding hydrogens is 264 g/mol. The number of amides is 1. The molecule has 0 spiro atoms. The van der Waals surface area contributed by atoms with Crippen molar-refractivity contribution in [1.29, 1.82) is 0 Å². The number of nitrogens with two attached hydrogens (primary N) is 1. The van der Waals surface area contributed by atoms with Crippen LogP contribution in [0.15, 0.2) is 18.2 Å². The molecule has 1 amide bonds.